The molecular formula is C27H29IN4O7S. The topological polar surface area (TPSA) is 137 Å². The third-order valence-corrected chi connectivity index (χ3v) is 6.43. The van der Waals surface area contributed by atoms with Crippen LogP contribution in [0.5, 0.6) is 11.5 Å². The molecule has 212 valence electrons. The van der Waals surface area contributed by atoms with Crippen LogP contribution in [0.25, 0.3) is 0 Å². The number of thiocarbonyl (C=S) groups is 1. The lowest BCUT2D eigenvalue weighted by atomic mass is 9.95. The number of halogens is 1. The molecule has 13 heteroatoms. The number of hydrazone groups is 1. The monoisotopic (exact) mass is 680 g/mol. The quantitative estimate of drug-likeness (QED) is 0.101. The van der Waals surface area contributed by atoms with Gasteiger partial charge in [-0.05, 0) is 85.4 Å². The summed E-state index contributed by atoms with van der Waals surface area (Å²) in [6, 6.07) is 11.6. The summed E-state index contributed by atoms with van der Waals surface area (Å²) in [6.45, 7) is 5.20. The molecule has 40 heavy (non-hydrogen) atoms. The third kappa shape index (κ3) is 8.64. The predicted molar refractivity (Wildman–Crippen MR) is 160 cm³/mol. The van der Waals surface area contributed by atoms with Crippen LogP contribution in [-0.4, -0.2) is 55.6 Å². The Morgan fingerprint density at radius 3 is 2.50 bits per heavy atom. The number of hydrogen-bond donors (Lipinski definition) is 3. The average Bonchev–Trinajstić information content (AvgIpc) is 2.91. The van der Waals surface area contributed by atoms with E-state index >= 15 is 0 Å². The number of carbonyl (C=O) groups is 3. The second-order valence-corrected chi connectivity index (χ2v) is 9.76. The van der Waals surface area contributed by atoms with Crippen LogP contribution in [0, 0.1) is 3.57 Å². The second-order valence-electron chi connectivity index (χ2n) is 8.19. The lowest BCUT2D eigenvalue weighted by molar-refractivity contribution is -0.145. The van der Waals surface area contributed by atoms with Gasteiger partial charge in [-0.15, -0.1) is 0 Å². The standard InChI is InChI=1S/C27H29IN4O7S/c1-4-36-23(34)15-39-21-11-10-17(12-19(21)28)13-29-32-22(33)14-38-20-9-7-6-8-18(20)25-24(26(35)37-5-2)16(3)30-27(40)31-25/h6-13,25H,4-5,14-15H2,1-3H3,(H,32,33)(H2,30,31,40)/t25-/m1/s1. The van der Waals surface area contributed by atoms with Gasteiger partial charge in [0.05, 0.1) is 34.6 Å². The first-order chi connectivity index (χ1) is 19.2. The van der Waals surface area contributed by atoms with Crippen LogP contribution in [0.4, 0.5) is 0 Å². The molecule has 11 nitrogen and oxygen atoms in total. The summed E-state index contributed by atoms with van der Waals surface area (Å²) in [7, 11) is 0. The summed E-state index contributed by atoms with van der Waals surface area (Å²) >= 11 is 7.37. The van der Waals surface area contributed by atoms with Crippen molar-refractivity contribution in [1.29, 1.82) is 0 Å². The molecule has 0 bridgehead atoms. The Labute approximate surface area is 250 Å². The van der Waals surface area contributed by atoms with E-state index in [1.165, 1.54) is 6.21 Å². The van der Waals surface area contributed by atoms with Crippen LogP contribution in [-0.2, 0) is 23.9 Å². The highest BCUT2D eigenvalue weighted by Crippen LogP contribution is 2.33. The molecule has 0 unspecified atom stereocenters. The number of hydrogen-bond acceptors (Lipinski definition) is 9. The highest BCUT2D eigenvalue weighted by Gasteiger charge is 2.32. The molecule has 3 rings (SSSR count). The molecule has 3 N–H and O–H groups in total. The number of amides is 1. The Balaban J connectivity index is 1.61. The normalized spacial score (nSPS) is 14.7. The molecule has 2 aromatic carbocycles. The van der Waals surface area contributed by atoms with Crippen molar-refractivity contribution in [2.24, 2.45) is 5.10 Å². The van der Waals surface area contributed by atoms with Gasteiger partial charge in [0.2, 0.25) is 0 Å². The number of nitrogens with zero attached hydrogens (tertiary/aromatic N) is 1. The molecular weight excluding hydrogens is 651 g/mol. The zero-order valence-electron chi connectivity index (χ0n) is 22.1. The lowest BCUT2D eigenvalue weighted by Crippen LogP contribution is -2.45. The minimum atomic E-state index is -0.628. The van der Waals surface area contributed by atoms with Crippen molar-refractivity contribution in [3.63, 3.8) is 0 Å². The fourth-order valence-electron chi connectivity index (χ4n) is 3.67. The first-order valence-corrected chi connectivity index (χ1v) is 13.8. The molecule has 0 fully saturated rings. The average molecular weight is 681 g/mol. The summed E-state index contributed by atoms with van der Waals surface area (Å²) in [6.07, 6.45) is 1.47. The largest absolute Gasteiger partial charge is 0.483 e. The van der Waals surface area contributed by atoms with Crippen LogP contribution in [0.3, 0.4) is 0 Å². The SMILES string of the molecule is CCOC(=O)COc1ccc(C=NNC(=O)COc2ccccc2[C@H]2NC(=S)NC(C)=C2C(=O)OCC)cc1I. The van der Waals surface area contributed by atoms with Crippen molar-refractivity contribution in [3.8, 4) is 11.5 Å². The van der Waals surface area contributed by atoms with E-state index in [-0.39, 0.29) is 26.4 Å². The van der Waals surface area contributed by atoms with Crippen molar-refractivity contribution < 1.29 is 33.3 Å². The van der Waals surface area contributed by atoms with E-state index in [4.69, 9.17) is 31.2 Å². The minimum absolute atomic E-state index is 0.184. The van der Waals surface area contributed by atoms with Crippen LogP contribution < -0.4 is 25.5 Å². The van der Waals surface area contributed by atoms with Crippen molar-refractivity contribution in [2.75, 3.05) is 26.4 Å². The summed E-state index contributed by atoms with van der Waals surface area (Å²) in [5.41, 5.74) is 4.69. The molecule has 1 amide bonds. The Morgan fingerprint density at radius 2 is 1.77 bits per heavy atom. The molecule has 0 saturated carbocycles. The molecule has 2 aromatic rings. The van der Waals surface area contributed by atoms with Gasteiger partial charge in [0.1, 0.15) is 11.5 Å². The molecule has 0 spiro atoms. The third-order valence-electron chi connectivity index (χ3n) is 5.36. The van der Waals surface area contributed by atoms with E-state index in [9.17, 15) is 14.4 Å². The zero-order valence-corrected chi connectivity index (χ0v) is 25.1. The molecule has 1 aliphatic rings. The van der Waals surface area contributed by atoms with Crippen LogP contribution in [0.2, 0.25) is 0 Å². The summed E-state index contributed by atoms with van der Waals surface area (Å²) in [5.74, 6) is -0.490. The first kappa shape index (κ1) is 30.8. The number of rotatable bonds is 12. The summed E-state index contributed by atoms with van der Waals surface area (Å²) < 4.78 is 22.1. The van der Waals surface area contributed by atoms with E-state index in [0.29, 0.717) is 39.0 Å². The van der Waals surface area contributed by atoms with Gasteiger partial charge in [-0.2, -0.15) is 5.10 Å². The number of benzene rings is 2. The summed E-state index contributed by atoms with van der Waals surface area (Å²) in [4.78, 5) is 36.6. The number of para-hydroxylation sites is 1. The zero-order chi connectivity index (χ0) is 29.1. The van der Waals surface area contributed by atoms with Gasteiger partial charge < -0.3 is 29.6 Å². The van der Waals surface area contributed by atoms with Gasteiger partial charge in [0, 0.05) is 11.3 Å². The van der Waals surface area contributed by atoms with Gasteiger partial charge >= 0.3 is 11.9 Å². The number of carbonyl (C=O) groups excluding carboxylic acids is 3. The lowest BCUT2D eigenvalue weighted by Gasteiger charge is -2.30. The van der Waals surface area contributed by atoms with Gasteiger partial charge in [0.25, 0.3) is 5.91 Å². The van der Waals surface area contributed by atoms with Crippen molar-refractivity contribution in [1.82, 2.24) is 16.1 Å². The molecule has 0 saturated heterocycles. The number of esters is 2. The molecule has 0 aliphatic carbocycles. The van der Waals surface area contributed by atoms with E-state index in [0.717, 1.165) is 3.57 Å². The molecule has 1 aliphatic heterocycles. The second kappa shape index (κ2) is 15.2. The molecule has 1 atom stereocenters. The number of nitrogens with one attached hydrogen (secondary N) is 3. The van der Waals surface area contributed by atoms with Gasteiger partial charge in [-0.25, -0.2) is 15.0 Å². The maximum atomic E-state index is 12.7. The van der Waals surface area contributed by atoms with Crippen molar-refractivity contribution >= 4 is 64.0 Å². The maximum Gasteiger partial charge on any atom is 0.344 e. The fraction of sp³-hybridized carbons (Fsp3) is 0.296. The molecule has 0 aromatic heterocycles. The smallest absolute Gasteiger partial charge is 0.344 e. The van der Waals surface area contributed by atoms with Crippen molar-refractivity contribution in [3.05, 3.63) is 68.4 Å². The molecule has 0 radical (unpaired) electrons. The Bertz CT molecular complexity index is 1330. The van der Waals surface area contributed by atoms with Gasteiger partial charge in [0.15, 0.2) is 18.3 Å². The highest BCUT2D eigenvalue weighted by molar-refractivity contribution is 14.1. The van der Waals surface area contributed by atoms with E-state index < -0.39 is 23.9 Å². The Hall–Kier alpha value is -3.72. The highest BCUT2D eigenvalue weighted by atomic mass is 127. The Morgan fingerprint density at radius 1 is 1.05 bits per heavy atom. The number of allylic oxidation sites excluding steroid dienone is 1. The summed E-state index contributed by atoms with van der Waals surface area (Å²) in [5, 5.41) is 10.4. The predicted octanol–water partition coefficient (Wildman–Crippen LogP) is 3.12. The minimum Gasteiger partial charge on any atom is -0.483 e. The van der Waals surface area contributed by atoms with Crippen LogP contribution in [0.15, 0.2) is 58.8 Å². The van der Waals surface area contributed by atoms with E-state index in [1.807, 2.05) is 0 Å². The molecule has 1 heterocycles. The van der Waals surface area contributed by atoms with Crippen molar-refractivity contribution in [2.45, 2.75) is 26.8 Å². The number of ether oxygens (including phenoxy) is 4. The first-order valence-electron chi connectivity index (χ1n) is 12.3. The Kier molecular flexibility index (Phi) is 11.7. The maximum absolute atomic E-state index is 12.7. The van der Waals surface area contributed by atoms with Gasteiger partial charge in [-0.3, -0.25) is 4.79 Å². The van der Waals surface area contributed by atoms with E-state index in [2.05, 4.69) is 43.8 Å². The van der Waals surface area contributed by atoms with Gasteiger partial charge in [-0.1, -0.05) is 18.2 Å². The fourth-order valence-corrected chi connectivity index (χ4v) is 4.63. The van der Waals surface area contributed by atoms with E-state index in [1.54, 1.807) is 63.2 Å². The van der Waals surface area contributed by atoms with Crippen LogP contribution in [0.1, 0.15) is 37.9 Å². The van der Waals surface area contributed by atoms with Crippen LogP contribution >= 0.6 is 34.8 Å².